The van der Waals surface area contributed by atoms with Gasteiger partial charge in [0.25, 0.3) is 0 Å². The van der Waals surface area contributed by atoms with E-state index in [9.17, 15) is 15.0 Å². The fourth-order valence-electron chi connectivity index (χ4n) is 8.97. The van der Waals surface area contributed by atoms with E-state index < -0.39 is 0 Å². The lowest BCUT2D eigenvalue weighted by Crippen LogP contribution is -2.57. The van der Waals surface area contributed by atoms with Gasteiger partial charge in [0.1, 0.15) is 11.9 Å². The Morgan fingerprint density at radius 2 is 1.94 bits per heavy atom. The summed E-state index contributed by atoms with van der Waals surface area (Å²) in [5, 5.41) is 19.6. The second kappa shape index (κ2) is 7.58. The van der Waals surface area contributed by atoms with Crippen LogP contribution in [-0.4, -0.2) is 34.8 Å². The molecule has 31 heavy (non-hydrogen) atoms. The predicted molar refractivity (Wildman–Crippen MR) is 120 cm³/mol. The van der Waals surface area contributed by atoms with Crippen LogP contribution < -0.4 is 0 Å². The van der Waals surface area contributed by atoms with Crippen LogP contribution in [0.5, 0.6) is 0 Å². The van der Waals surface area contributed by atoms with Crippen molar-refractivity contribution in [2.24, 2.45) is 46.3 Å². The van der Waals surface area contributed by atoms with Crippen molar-refractivity contribution in [3.05, 3.63) is 11.3 Å². The van der Waals surface area contributed by atoms with Gasteiger partial charge in [0.15, 0.2) is 0 Å². The van der Waals surface area contributed by atoms with Crippen LogP contribution in [0.4, 0.5) is 0 Å². The van der Waals surface area contributed by atoms with E-state index in [0.29, 0.717) is 29.5 Å². The van der Waals surface area contributed by atoms with E-state index in [1.54, 1.807) is 0 Å². The van der Waals surface area contributed by atoms with Crippen LogP contribution in [0.1, 0.15) is 85.5 Å². The van der Waals surface area contributed by atoms with Crippen LogP contribution in [0, 0.1) is 46.3 Å². The number of hydrogen-bond donors (Lipinski definition) is 2. The summed E-state index contributed by atoms with van der Waals surface area (Å²) in [5.74, 6) is 4.23. The van der Waals surface area contributed by atoms with E-state index in [2.05, 4.69) is 27.7 Å². The van der Waals surface area contributed by atoms with E-state index in [4.69, 9.17) is 4.74 Å². The third-order valence-electron chi connectivity index (χ3n) is 10.9. The Hall–Kier alpha value is -0.870. The molecular weight excluding hydrogens is 388 g/mol. The zero-order valence-electron chi connectivity index (χ0n) is 19.9. The van der Waals surface area contributed by atoms with Crippen molar-refractivity contribution in [2.75, 3.05) is 6.61 Å². The highest BCUT2D eigenvalue weighted by molar-refractivity contribution is 5.87. The molecule has 0 saturated heterocycles. The maximum absolute atomic E-state index is 13.9. The quantitative estimate of drug-likeness (QED) is 0.667. The number of rotatable bonds is 4. The molecular formula is C27H42O4. The Morgan fingerprint density at radius 1 is 1.16 bits per heavy atom. The smallest absolute Gasteiger partial charge is 0.140 e. The van der Waals surface area contributed by atoms with Crippen LogP contribution in [0.25, 0.3) is 0 Å². The maximum Gasteiger partial charge on any atom is 0.140 e. The second-order valence-corrected chi connectivity index (χ2v) is 12.3. The van der Waals surface area contributed by atoms with E-state index >= 15 is 0 Å². The van der Waals surface area contributed by atoms with Gasteiger partial charge in [0, 0.05) is 30.8 Å². The monoisotopic (exact) mass is 430 g/mol. The lowest BCUT2D eigenvalue weighted by atomic mass is 9.44. The van der Waals surface area contributed by atoms with Crippen molar-refractivity contribution in [3.63, 3.8) is 0 Å². The largest absolute Gasteiger partial charge is 0.494 e. The van der Waals surface area contributed by atoms with Crippen molar-refractivity contribution in [1.82, 2.24) is 0 Å². The van der Waals surface area contributed by atoms with Gasteiger partial charge in [0.2, 0.25) is 0 Å². The number of ether oxygens (including phenoxy) is 1. The van der Waals surface area contributed by atoms with Gasteiger partial charge < -0.3 is 14.9 Å². The highest BCUT2D eigenvalue weighted by atomic mass is 16.5. The highest BCUT2D eigenvalue weighted by Crippen LogP contribution is 2.68. The Balaban J connectivity index is 1.41. The first-order valence-electron chi connectivity index (χ1n) is 12.9. The molecule has 1 aliphatic heterocycles. The van der Waals surface area contributed by atoms with Gasteiger partial charge in [-0.2, -0.15) is 0 Å². The molecule has 5 aliphatic rings. The van der Waals surface area contributed by atoms with Gasteiger partial charge in [0.05, 0.1) is 11.9 Å². The van der Waals surface area contributed by atoms with Crippen LogP contribution in [0.3, 0.4) is 0 Å². The van der Waals surface area contributed by atoms with E-state index in [-0.39, 0.29) is 41.5 Å². The van der Waals surface area contributed by atoms with Crippen molar-refractivity contribution in [2.45, 2.75) is 97.7 Å². The maximum atomic E-state index is 13.9. The summed E-state index contributed by atoms with van der Waals surface area (Å²) in [6.45, 7) is 9.21. The van der Waals surface area contributed by atoms with Crippen LogP contribution in [0.2, 0.25) is 0 Å². The number of allylic oxidation sites excluding steroid dienone is 1. The van der Waals surface area contributed by atoms with Crippen molar-refractivity contribution < 1.29 is 19.7 Å². The second-order valence-electron chi connectivity index (χ2n) is 12.3. The zero-order valence-corrected chi connectivity index (χ0v) is 19.9. The third kappa shape index (κ3) is 3.10. The minimum Gasteiger partial charge on any atom is -0.494 e. The molecule has 4 nitrogen and oxygen atoms in total. The van der Waals surface area contributed by atoms with Crippen molar-refractivity contribution >= 4 is 5.78 Å². The molecule has 0 aromatic rings. The molecule has 0 aromatic heterocycles. The summed E-state index contributed by atoms with van der Waals surface area (Å²) in [5.41, 5.74) is 1.25. The molecule has 4 saturated carbocycles. The minimum atomic E-state index is -0.280. The average molecular weight is 431 g/mol. The molecule has 0 radical (unpaired) electrons. The van der Waals surface area contributed by atoms with Crippen LogP contribution in [0.15, 0.2) is 11.3 Å². The molecule has 4 fully saturated rings. The number of carbonyl (C=O) groups excluding carboxylic acids is 1. The molecule has 174 valence electrons. The first kappa shape index (κ1) is 21.9. The fraction of sp³-hybridized carbons (Fsp3) is 0.889. The van der Waals surface area contributed by atoms with Crippen molar-refractivity contribution in [1.29, 1.82) is 0 Å². The number of aliphatic hydroxyl groups excluding tert-OH is 2. The molecule has 0 bridgehead atoms. The number of Topliss-reactive ketones (excluding diaryl/α,β-unsaturated/α-hetero) is 1. The van der Waals surface area contributed by atoms with E-state index in [1.165, 1.54) is 18.4 Å². The zero-order chi connectivity index (χ0) is 22.1. The van der Waals surface area contributed by atoms with Gasteiger partial charge in [-0.05, 0) is 92.4 Å². The lowest BCUT2D eigenvalue weighted by Gasteiger charge is -2.60. The Bertz CT molecular complexity index is 773. The van der Waals surface area contributed by atoms with Crippen LogP contribution >= 0.6 is 0 Å². The van der Waals surface area contributed by atoms with Gasteiger partial charge in [-0.3, -0.25) is 4.79 Å². The first-order valence-corrected chi connectivity index (χ1v) is 12.9. The number of hydrogen-bond acceptors (Lipinski definition) is 4. The summed E-state index contributed by atoms with van der Waals surface area (Å²) in [4.78, 5) is 13.9. The lowest BCUT2D eigenvalue weighted by molar-refractivity contribution is -0.158. The molecule has 0 spiro atoms. The van der Waals surface area contributed by atoms with E-state index in [1.807, 2.05) is 0 Å². The predicted octanol–water partition coefficient (Wildman–Crippen LogP) is 4.88. The minimum absolute atomic E-state index is 0.141. The van der Waals surface area contributed by atoms with Gasteiger partial charge in [-0.15, -0.1) is 0 Å². The molecule has 4 heteroatoms. The number of carbonyl (C=O) groups is 1. The van der Waals surface area contributed by atoms with Gasteiger partial charge in [-0.25, -0.2) is 0 Å². The molecule has 4 aliphatic carbocycles. The van der Waals surface area contributed by atoms with Crippen molar-refractivity contribution in [3.8, 4) is 0 Å². The molecule has 0 aromatic carbocycles. The Morgan fingerprint density at radius 3 is 2.68 bits per heavy atom. The first-order chi connectivity index (χ1) is 14.7. The molecule has 0 amide bonds. The number of ketones is 1. The summed E-state index contributed by atoms with van der Waals surface area (Å²) in [6.07, 6.45) is 8.93. The average Bonchev–Trinajstić information content (AvgIpc) is 3.22. The number of fused-ring (bicyclic) bond motifs is 7. The van der Waals surface area contributed by atoms with Crippen LogP contribution in [-0.2, 0) is 9.53 Å². The molecule has 1 heterocycles. The molecule has 10 atom stereocenters. The Kier molecular flexibility index (Phi) is 5.37. The fourth-order valence-corrected chi connectivity index (χ4v) is 8.97. The topological polar surface area (TPSA) is 66.8 Å². The number of aliphatic hydroxyl groups is 2. The standard InChI is InChI=1S/C27H42O4/c1-15(14-28)5-8-22-16(2)25-23(31-22)12-21-19-7-6-17-11-18(29)9-10-26(17,3)20(19)13-24(30)27(21,25)4/h15,17-21,23,25,28-29H,5-14H2,1-4H3/t15-,17-,18+,19-,20+,21+,23+,25+,26-,27-/m0/s1. The third-order valence-corrected chi connectivity index (χ3v) is 10.9. The normalized spacial score (nSPS) is 49.7. The van der Waals surface area contributed by atoms with Gasteiger partial charge >= 0.3 is 0 Å². The molecule has 5 rings (SSSR count). The SMILES string of the molecule is CC1=C(CC[C@H](C)CO)O[C@@H]2C[C@@H]3[C@H]4CC[C@H]5C[C@H](O)CC[C@]5(C)[C@@H]4CC(=O)[C@@]3(C)[C@H]12. The highest BCUT2D eigenvalue weighted by Gasteiger charge is 2.67. The van der Waals surface area contributed by atoms with E-state index in [0.717, 1.165) is 50.7 Å². The molecule has 2 N–H and O–H groups in total. The summed E-state index contributed by atoms with van der Waals surface area (Å²) < 4.78 is 6.54. The van der Waals surface area contributed by atoms with Gasteiger partial charge in [-0.1, -0.05) is 20.8 Å². The Labute approximate surface area is 187 Å². The summed E-state index contributed by atoms with van der Waals surface area (Å²) in [7, 11) is 0. The summed E-state index contributed by atoms with van der Waals surface area (Å²) in [6, 6.07) is 0. The molecule has 0 unspecified atom stereocenters. The summed E-state index contributed by atoms with van der Waals surface area (Å²) >= 11 is 0.